The fraction of sp³-hybridized carbons (Fsp3) is 0. The molecule has 0 saturated heterocycles. The molecule has 0 atom stereocenters. The number of fused-ring (bicyclic) bond motifs is 1. The maximum Gasteiger partial charge on any atom is 0.348 e. The van der Waals surface area contributed by atoms with Crippen molar-refractivity contribution in [3.63, 3.8) is 0 Å². The fourth-order valence-corrected chi connectivity index (χ4v) is 6.19. The van der Waals surface area contributed by atoms with Crippen molar-refractivity contribution >= 4 is 57.6 Å². The van der Waals surface area contributed by atoms with Crippen LogP contribution in [0.1, 0.15) is 11.1 Å². The molecule has 48 heavy (non-hydrogen) atoms. The molecule has 2 heterocycles. The van der Waals surface area contributed by atoms with Gasteiger partial charge >= 0.3 is 11.9 Å². The monoisotopic (exact) mass is 624 g/mol. The SMILES string of the molecule is O=C1OC(c2cccc(N(c3ccccc3)c3ccccc3)c2)=C2C(=O)OC(c3cccc(N(c4ccccc4)c4ccccc4)c3)=C12. The Labute approximate surface area is 278 Å². The number of hydrogen-bond donors (Lipinski definition) is 0. The number of carbonyl (C=O) groups is 2. The minimum absolute atomic E-state index is 0.131. The number of ether oxygens (including phenoxy) is 2. The van der Waals surface area contributed by atoms with Crippen LogP contribution in [0.5, 0.6) is 0 Å². The predicted molar refractivity (Wildman–Crippen MR) is 188 cm³/mol. The summed E-state index contributed by atoms with van der Waals surface area (Å²) < 4.78 is 11.7. The van der Waals surface area contributed by atoms with Crippen molar-refractivity contribution in [1.82, 2.24) is 0 Å². The number of carbonyl (C=O) groups excluding carboxylic acids is 2. The molecule has 0 radical (unpaired) electrons. The molecule has 230 valence electrons. The lowest BCUT2D eigenvalue weighted by Gasteiger charge is -2.26. The smallest absolute Gasteiger partial charge is 0.348 e. The largest absolute Gasteiger partial charge is 0.421 e. The van der Waals surface area contributed by atoms with Gasteiger partial charge in [0.2, 0.25) is 0 Å². The normalized spacial score (nSPS) is 13.7. The van der Waals surface area contributed by atoms with Crippen LogP contribution in [0.15, 0.2) is 181 Å². The Hall–Kier alpha value is -6.66. The van der Waals surface area contributed by atoms with E-state index in [9.17, 15) is 9.59 Å². The van der Waals surface area contributed by atoms with E-state index in [1.54, 1.807) is 0 Å². The van der Waals surface area contributed by atoms with Crippen molar-refractivity contribution in [3.8, 4) is 0 Å². The van der Waals surface area contributed by atoms with Gasteiger partial charge in [-0.15, -0.1) is 0 Å². The zero-order chi connectivity index (χ0) is 32.5. The number of nitrogens with zero attached hydrogens (tertiary/aromatic N) is 2. The van der Waals surface area contributed by atoms with Gasteiger partial charge in [-0.05, 0) is 72.8 Å². The van der Waals surface area contributed by atoms with Crippen LogP contribution < -0.4 is 9.80 Å². The number of esters is 2. The molecule has 6 aromatic rings. The second-order valence-corrected chi connectivity index (χ2v) is 11.3. The Balaban J connectivity index is 1.21. The summed E-state index contributed by atoms with van der Waals surface area (Å²) >= 11 is 0. The lowest BCUT2D eigenvalue weighted by atomic mass is 10.0. The van der Waals surface area contributed by atoms with Gasteiger partial charge in [0.15, 0.2) is 11.5 Å². The minimum atomic E-state index is -0.623. The average Bonchev–Trinajstić information content (AvgIpc) is 3.68. The Morgan fingerprint density at radius 1 is 0.333 bits per heavy atom. The summed E-state index contributed by atoms with van der Waals surface area (Å²) in [5.41, 5.74) is 6.98. The molecule has 8 rings (SSSR count). The van der Waals surface area contributed by atoms with Crippen molar-refractivity contribution in [2.75, 3.05) is 9.80 Å². The fourth-order valence-electron chi connectivity index (χ4n) is 6.19. The standard InChI is InChI=1S/C42H28N2O4/c45-41-37-38(40(48-41)30-16-14-26-36(28-30)44(33-21-9-3-10-22-33)34-23-11-4-12-24-34)42(46)47-39(37)29-15-13-25-35(27-29)43(31-17-5-1-6-18-31)32-19-7-2-8-20-32/h1-28H. The van der Waals surface area contributed by atoms with Crippen LogP contribution in [-0.4, -0.2) is 11.9 Å². The maximum atomic E-state index is 13.5. The number of benzene rings is 6. The maximum absolute atomic E-state index is 13.5. The van der Waals surface area contributed by atoms with Crippen molar-refractivity contribution in [1.29, 1.82) is 0 Å². The molecule has 6 heteroatoms. The lowest BCUT2D eigenvalue weighted by molar-refractivity contribution is -0.131. The third-order valence-corrected chi connectivity index (χ3v) is 8.29. The second kappa shape index (κ2) is 12.3. The topological polar surface area (TPSA) is 59.1 Å². The Kier molecular flexibility index (Phi) is 7.36. The Bertz CT molecular complexity index is 1970. The number of hydrogen-bond acceptors (Lipinski definition) is 6. The molecule has 0 aliphatic carbocycles. The van der Waals surface area contributed by atoms with Gasteiger partial charge < -0.3 is 19.3 Å². The van der Waals surface area contributed by atoms with Crippen LogP contribution in [-0.2, 0) is 19.1 Å². The van der Waals surface area contributed by atoms with Crippen LogP contribution in [0.4, 0.5) is 34.1 Å². The zero-order valence-corrected chi connectivity index (χ0v) is 25.7. The first-order valence-electron chi connectivity index (χ1n) is 15.6. The molecule has 0 fully saturated rings. The third kappa shape index (κ3) is 5.21. The first kappa shape index (κ1) is 28.8. The van der Waals surface area contributed by atoms with Crippen molar-refractivity contribution in [2.45, 2.75) is 0 Å². The number of para-hydroxylation sites is 4. The molecule has 0 saturated carbocycles. The van der Waals surface area contributed by atoms with E-state index in [0.717, 1.165) is 34.1 Å². The van der Waals surface area contributed by atoms with Gasteiger partial charge in [0.1, 0.15) is 11.1 Å². The van der Waals surface area contributed by atoms with Gasteiger partial charge in [0.05, 0.1) is 0 Å². The second-order valence-electron chi connectivity index (χ2n) is 11.3. The van der Waals surface area contributed by atoms with E-state index >= 15 is 0 Å². The van der Waals surface area contributed by atoms with Crippen molar-refractivity contribution in [3.05, 3.63) is 192 Å². The highest BCUT2D eigenvalue weighted by molar-refractivity contribution is 6.24. The molecule has 0 unspecified atom stereocenters. The van der Waals surface area contributed by atoms with Gasteiger partial charge in [-0.25, -0.2) is 9.59 Å². The van der Waals surface area contributed by atoms with E-state index in [1.165, 1.54) is 0 Å². The summed E-state index contributed by atoms with van der Waals surface area (Å²) in [7, 11) is 0. The first-order valence-corrected chi connectivity index (χ1v) is 15.6. The van der Waals surface area contributed by atoms with Crippen LogP contribution in [0.25, 0.3) is 11.5 Å². The van der Waals surface area contributed by atoms with E-state index in [1.807, 2.05) is 170 Å². The van der Waals surface area contributed by atoms with E-state index in [0.29, 0.717) is 11.1 Å². The van der Waals surface area contributed by atoms with E-state index < -0.39 is 11.9 Å². The zero-order valence-electron chi connectivity index (χ0n) is 25.7. The molecule has 0 aromatic heterocycles. The third-order valence-electron chi connectivity index (χ3n) is 8.29. The highest BCUT2D eigenvalue weighted by atomic mass is 16.6. The molecular formula is C42H28N2O4. The van der Waals surface area contributed by atoms with Crippen LogP contribution in [0, 0.1) is 0 Å². The lowest BCUT2D eigenvalue weighted by Crippen LogP contribution is -2.10. The summed E-state index contributed by atoms with van der Waals surface area (Å²) in [6.07, 6.45) is 0. The van der Waals surface area contributed by atoms with Crippen LogP contribution in [0.2, 0.25) is 0 Å². The van der Waals surface area contributed by atoms with Gasteiger partial charge in [0, 0.05) is 45.3 Å². The van der Waals surface area contributed by atoms with Crippen LogP contribution >= 0.6 is 0 Å². The molecule has 0 amide bonds. The highest BCUT2D eigenvalue weighted by Crippen LogP contribution is 2.46. The number of anilines is 6. The van der Waals surface area contributed by atoms with Crippen LogP contribution in [0.3, 0.4) is 0 Å². The summed E-state index contributed by atoms with van der Waals surface area (Å²) in [6.45, 7) is 0. The highest BCUT2D eigenvalue weighted by Gasteiger charge is 2.45. The predicted octanol–water partition coefficient (Wildman–Crippen LogP) is 9.86. The van der Waals surface area contributed by atoms with E-state index in [-0.39, 0.29) is 22.7 Å². The summed E-state index contributed by atoms with van der Waals surface area (Å²) in [6, 6.07) is 55.3. The first-order chi connectivity index (χ1) is 23.7. The van der Waals surface area contributed by atoms with E-state index in [2.05, 4.69) is 9.80 Å². The summed E-state index contributed by atoms with van der Waals surface area (Å²) in [5.74, 6) is -0.876. The number of rotatable bonds is 8. The average molecular weight is 625 g/mol. The number of cyclic esters (lactones) is 2. The summed E-state index contributed by atoms with van der Waals surface area (Å²) in [4.78, 5) is 31.3. The molecule has 0 N–H and O–H groups in total. The molecule has 2 aliphatic heterocycles. The van der Waals surface area contributed by atoms with Gasteiger partial charge in [-0.1, -0.05) is 97.1 Å². The molecule has 6 aromatic carbocycles. The van der Waals surface area contributed by atoms with Gasteiger partial charge in [-0.2, -0.15) is 0 Å². The Morgan fingerprint density at radius 3 is 0.938 bits per heavy atom. The molecule has 6 nitrogen and oxygen atoms in total. The molecular weight excluding hydrogens is 596 g/mol. The summed E-state index contributed by atoms with van der Waals surface area (Å²) in [5, 5.41) is 0. The van der Waals surface area contributed by atoms with Gasteiger partial charge in [0.25, 0.3) is 0 Å². The van der Waals surface area contributed by atoms with Crippen molar-refractivity contribution in [2.24, 2.45) is 0 Å². The quantitative estimate of drug-likeness (QED) is 0.157. The minimum Gasteiger partial charge on any atom is -0.421 e. The Morgan fingerprint density at radius 2 is 0.625 bits per heavy atom. The van der Waals surface area contributed by atoms with Crippen molar-refractivity contribution < 1.29 is 19.1 Å². The van der Waals surface area contributed by atoms with E-state index in [4.69, 9.17) is 9.47 Å². The molecule has 0 bridgehead atoms. The molecule has 0 spiro atoms. The van der Waals surface area contributed by atoms with Gasteiger partial charge in [-0.3, -0.25) is 0 Å². The molecule has 2 aliphatic rings.